The lowest BCUT2D eigenvalue weighted by atomic mass is 10.3. The smallest absolute Gasteiger partial charge is 0.218 e. The summed E-state index contributed by atoms with van der Waals surface area (Å²) in [6, 6.07) is 3.92. The van der Waals surface area contributed by atoms with Crippen molar-refractivity contribution in [2.75, 3.05) is 19.7 Å². The molecule has 1 heterocycles. The Balaban J connectivity index is 0.00000220. The van der Waals surface area contributed by atoms with Gasteiger partial charge in [0.25, 0.3) is 0 Å². The van der Waals surface area contributed by atoms with Gasteiger partial charge in [0.1, 0.15) is 0 Å². The number of aromatic nitrogens is 1. The van der Waals surface area contributed by atoms with E-state index in [2.05, 4.69) is 27.5 Å². The highest BCUT2D eigenvalue weighted by atomic mass is 127. The van der Waals surface area contributed by atoms with Crippen molar-refractivity contribution < 1.29 is 4.74 Å². The molecule has 1 aromatic rings. The van der Waals surface area contributed by atoms with Crippen molar-refractivity contribution in [3.05, 3.63) is 23.9 Å². The largest absolute Gasteiger partial charge is 0.478 e. The van der Waals surface area contributed by atoms with E-state index in [9.17, 15) is 0 Å². The van der Waals surface area contributed by atoms with Crippen molar-refractivity contribution >= 4 is 29.9 Å². The highest BCUT2D eigenvalue weighted by Crippen LogP contribution is 2.27. The van der Waals surface area contributed by atoms with Crippen LogP contribution in [0.25, 0.3) is 0 Å². The Labute approximate surface area is 144 Å². The number of hydrogen-bond donors (Lipinski definition) is 2. The van der Waals surface area contributed by atoms with Crippen LogP contribution in [-0.2, 0) is 6.54 Å². The Bertz CT molecular complexity index is 449. The maximum absolute atomic E-state index is 5.52. The van der Waals surface area contributed by atoms with E-state index in [-0.39, 0.29) is 24.0 Å². The molecular weight excluding hydrogens is 379 g/mol. The van der Waals surface area contributed by atoms with Crippen LogP contribution in [0.4, 0.5) is 0 Å². The zero-order valence-corrected chi connectivity index (χ0v) is 15.1. The molecule has 0 radical (unpaired) electrons. The highest BCUT2D eigenvalue weighted by Gasteiger charge is 2.21. The molecule has 0 saturated heterocycles. The first-order valence-corrected chi connectivity index (χ1v) is 7.42. The summed E-state index contributed by atoms with van der Waals surface area (Å²) in [6.07, 6.45) is 4.42. The number of hydrogen-bond acceptors (Lipinski definition) is 3. The molecule has 0 spiro atoms. The van der Waals surface area contributed by atoms with Crippen molar-refractivity contribution in [2.45, 2.75) is 33.2 Å². The molecule has 1 aliphatic rings. The van der Waals surface area contributed by atoms with E-state index in [0.717, 1.165) is 30.5 Å². The van der Waals surface area contributed by atoms with Crippen molar-refractivity contribution in [1.82, 2.24) is 15.6 Å². The van der Waals surface area contributed by atoms with Crippen molar-refractivity contribution in [1.29, 1.82) is 0 Å². The molecule has 1 aromatic heterocycles. The Kier molecular flexibility index (Phi) is 8.41. The third-order valence-electron chi connectivity index (χ3n) is 3.14. The molecule has 1 aliphatic carbocycles. The monoisotopic (exact) mass is 404 g/mol. The van der Waals surface area contributed by atoms with E-state index in [1.807, 2.05) is 19.1 Å². The van der Waals surface area contributed by atoms with Gasteiger partial charge < -0.3 is 15.4 Å². The van der Waals surface area contributed by atoms with Gasteiger partial charge in [-0.05, 0) is 38.7 Å². The van der Waals surface area contributed by atoms with Crippen LogP contribution in [0, 0.1) is 5.92 Å². The fourth-order valence-electron chi connectivity index (χ4n) is 1.88. The lowest BCUT2D eigenvalue weighted by Gasteiger charge is -2.11. The minimum absolute atomic E-state index is 0. The molecule has 5 nitrogen and oxygen atoms in total. The molecule has 2 N–H and O–H groups in total. The minimum Gasteiger partial charge on any atom is -0.478 e. The van der Waals surface area contributed by atoms with E-state index < -0.39 is 0 Å². The van der Waals surface area contributed by atoms with Crippen LogP contribution in [0.1, 0.15) is 32.3 Å². The third-order valence-corrected chi connectivity index (χ3v) is 3.14. The quantitative estimate of drug-likeness (QED) is 0.417. The summed E-state index contributed by atoms with van der Waals surface area (Å²) in [5, 5.41) is 6.65. The SMILES string of the molecule is CCNC(=NCc1cccnc1OCC)NCC1CC1.I. The summed E-state index contributed by atoms with van der Waals surface area (Å²) in [5.41, 5.74) is 1.01. The molecule has 0 unspecified atom stereocenters. The molecule has 0 aliphatic heterocycles. The van der Waals surface area contributed by atoms with Crippen molar-refractivity contribution in [3.8, 4) is 5.88 Å². The highest BCUT2D eigenvalue weighted by molar-refractivity contribution is 14.0. The summed E-state index contributed by atoms with van der Waals surface area (Å²) in [7, 11) is 0. The standard InChI is InChI=1S/C15H24N4O.HI/c1-3-16-15(18-10-12-7-8-12)19-11-13-6-5-9-17-14(13)20-4-2;/h5-6,9,12H,3-4,7-8,10-11H2,1-2H3,(H2,16,18,19);1H. The zero-order valence-electron chi connectivity index (χ0n) is 12.8. The van der Waals surface area contributed by atoms with Crippen molar-refractivity contribution in [3.63, 3.8) is 0 Å². The van der Waals surface area contributed by atoms with E-state index >= 15 is 0 Å². The number of halogens is 1. The molecule has 0 aromatic carbocycles. The average molecular weight is 404 g/mol. The molecule has 118 valence electrons. The maximum atomic E-state index is 5.52. The lowest BCUT2D eigenvalue weighted by Crippen LogP contribution is -2.38. The summed E-state index contributed by atoms with van der Waals surface area (Å²) in [4.78, 5) is 8.85. The Hall–Kier alpha value is -1.05. The van der Waals surface area contributed by atoms with Crippen LogP contribution >= 0.6 is 24.0 Å². The molecule has 0 amide bonds. The van der Waals surface area contributed by atoms with Crippen LogP contribution in [0.3, 0.4) is 0 Å². The Morgan fingerprint density at radius 2 is 2.19 bits per heavy atom. The minimum atomic E-state index is 0. The van der Waals surface area contributed by atoms with Gasteiger partial charge in [0.05, 0.1) is 13.2 Å². The second-order valence-electron chi connectivity index (χ2n) is 4.92. The van der Waals surface area contributed by atoms with Gasteiger partial charge in [0.15, 0.2) is 5.96 Å². The van der Waals surface area contributed by atoms with E-state index in [4.69, 9.17) is 4.74 Å². The number of aliphatic imine (C=N–C) groups is 1. The normalized spacial score (nSPS) is 14.3. The topological polar surface area (TPSA) is 58.5 Å². The van der Waals surface area contributed by atoms with E-state index in [1.165, 1.54) is 12.8 Å². The van der Waals surface area contributed by atoms with Gasteiger partial charge >= 0.3 is 0 Å². The number of nitrogens with zero attached hydrogens (tertiary/aromatic N) is 2. The van der Waals surface area contributed by atoms with Crippen LogP contribution in [-0.4, -0.2) is 30.6 Å². The molecule has 2 rings (SSSR count). The third kappa shape index (κ3) is 6.50. The lowest BCUT2D eigenvalue weighted by molar-refractivity contribution is 0.323. The number of guanidine groups is 1. The van der Waals surface area contributed by atoms with Crippen LogP contribution in [0.15, 0.2) is 23.3 Å². The Morgan fingerprint density at radius 1 is 1.38 bits per heavy atom. The van der Waals surface area contributed by atoms with Gasteiger partial charge in [-0.15, -0.1) is 24.0 Å². The predicted molar refractivity (Wildman–Crippen MR) is 96.4 cm³/mol. The summed E-state index contributed by atoms with van der Waals surface area (Å²) >= 11 is 0. The van der Waals surface area contributed by atoms with E-state index in [0.29, 0.717) is 19.0 Å². The van der Waals surface area contributed by atoms with Gasteiger partial charge in [0.2, 0.25) is 5.88 Å². The second-order valence-corrected chi connectivity index (χ2v) is 4.92. The number of pyridine rings is 1. The first-order chi connectivity index (χ1) is 9.83. The summed E-state index contributed by atoms with van der Waals surface area (Å²) in [5.74, 6) is 2.37. The second kappa shape index (κ2) is 9.81. The summed E-state index contributed by atoms with van der Waals surface area (Å²) < 4.78 is 5.52. The van der Waals surface area contributed by atoms with Gasteiger partial charge in [-0.1, -0.05) is 6.07 Å². The van der Waals surface area contributed by atoms with Crippen LogP contribution in [0.5, 0.6) is 5.88 Å². The molecule has 6 heteroatoms. The van der Waals surface area contributed by atoms with Gasteiger partial charge in [-0.3, -0.25) is 0 Å². The first kappa shape index (κ1) is 18.0. The first-order valence-electron chi connectivity index (χ1n) is 7.42. The number of rotatable bonds is 7. The van der Waals surface area contributed by atoms with Gasteiger partial charge in [0, 0.05) is 24.8 Å². The van der Waals surface area contributed by atoms with Crippen LogP contribution < -0.4 is 15.4 Å². The average Bonchev–Trinajstić information content (AvgIpc) is 3.28. The molecule has 0 bridgehead atoms. The number of nitrogens with one attached hydrogen (secondary N) is 2. The molecule has 0 atom stereocenters. The van der Waals surface area contributed by atoms with Gasteiger partial charge in [-0.2, -0.15) is 0 Å². The van der Waals surface area contributed by atoms with Crippen LogP contribution in [0.2, 0.25) is 0 Å². The number of ether oxygens (including phenoxy) is 1. The molecule has 21 heavy (non-hydrogen) atoms. The molecular formula is C15H25IN4O. The fourth-order valence-corrected chi connectivity index (χ4v) is 1.88. The van der Waals surface area contributed by atoms with Gasteiger partial charge in [-0.25, -0.2) is 9.98 Å². The zero-order chi connectivity index (χ0) is 14.2. The Morgan fingerprint density at radius 3 is 2.86 bits per heavy atom. The maximum Gasteiger partial charge on any atom is 0.218 e. The van der Waals surface area contributed by atoms with E-state index in [1.54, 1.807) is 6.20 Å². The summed E-state index contributed by atoms with van der Waals surface area (Å²) in [6.45, 7) is 7.10. The molecule has 1 fully saturated rings. The van der Waals surface area contributed by atoms with Crippen molar-refractivity contribution in [2.24, 2.45) is 10.9 Å². The fraction of sp³-hybridized carbons (Fsp3) is 0.600. The molecule has 1 saturated carbocycles. The predicted octanol–water partition coefficient (Wildman–Crippen LogP) is 2.56.